The van der Waals surface area contributed by atoms with Crippen LogP contribution in [-0.4, -0.2) is 17.3 Å². The number of rotatable bonds is 1. The van der Waals surface area contributed by atoms with Gasteiger partial charge < -0.3 is 4.74 Å². The molecule has 2 rings (SSSR count). The van der Waals surface area contributed by atoms with Gasteiger partial charge in [0.1, 0.15) is 11.8 Å². The third kappa shape index (κ3) is 1.02. The number of H-pyrrole nitrogens is 1. The van der Waals surface area contributed by atoms with Crippen LogP contribution in [0.2, 0.25) is 0 Å². The number of nitrogens with zero attached hydrogens (tertiary/aromatic N) is 2. The van der Waals surface area contributed by atoms with E-state index in [-0.39, 0.29) is 0 Å². The number of ether oxygens (including phenoxy) is 1. The summed E-state index contributed by atoms with van der Waals surface area (Å²) in [6.45, 7) is 0. The molecule has 0 saturated carbocycles. The van der Waals surface area contributed by atoms with Crippen LogP contribution in [0.1, 0.15) is 5.69 Å². The summed E-state index contributed by atoms with van der Waals surface area (Å²) in [5.41, 5.74) is 1.18. The molecule has 1 aromatic carbocycles. The number of aromatic amines is 1. The number of hydrogen-bond donors (Lipinski definition) is 1. The number of fused-ring (bicyclic) bond motifs is 1. The largest absolute Gasteiger partial charge is 0.496 e. The van der Waals surface area contributed by atoms with Gasteiger partial charge in [-0.25, -0.2) is 0 Å². The standard InChI is InChI=1S/C9H7N3O/c1-13-8-4-2-3-6-9(8)7(5-10)12-11-6/h2-4H,1H3,(H,11,12). The highest BCUT2D eigenvalue weighted by Crippen LogP contribution is 2.26. The van der Waals surface area contributed by atoms with Gasteiger partial charge in [-0.2, -0.15) is 10.4 Å². The van der Waals surface area contributed by atoms with Crippen LogP contribution < -0.4 is 4.74 Å². The highest BCUT2D eigenvalue weighted by Gasteiger charge is 2.08. The maximum absolute atomic E-state index is 8.76. The van der Waals surface area contributed by atoms with Gasteiger partial charge in [0.25, 0.3) is 0 Å². The fourth-order valence-electron chi connectivity index (χ4n) is 1.29. The van der Waals surface area contributed by atoms with Gasteiger partial charge in [0.2, 0.25) is 0 Å². The molecular weight excluding hydrogens is 166 g/mol. The number of nitriles is 1. The number of nitrogens with one attached hydrogen (secondary N) is 1. The molecule has 4 heteroatoms. The van der Waals surface area contributed by atoms with E-state index in [0.717, 1.165) is 10.9 Å². The van der Waals surface area contributed by atoms with Gasteiger partial charge in [-0.3, -0.25) is 5.10 Å². The van der Waals surface area contributed by atoms with Crippen molar-refractivity contribution in [2.75, 3.05) is 7.11 Å². The van der Waals surface area contributed by atoms with E-state index in [1.807, 2.05) is 18.2 Å². The van der Waals surface area contributed by atoms with Crippen molar-refractivity contribution in [2.24, 2.45) is 0 Å². The maximum Gasteiger partial charge on any atom is 0.173 e. The third-order valence-electron chi connectivity index (χ3n) is 1.88. The maximum atomic E-state index is 8.76. The molecule has 1 aromatic heterocycles. The molecule has 0 unspecified atom stereocenters. The first-order valence-corrected chi connectivity index (χ1v) is 3.78. The van der Waals surface area contributed by atoms with Crippen LogP contribution in [0, 0.1) is 11.3 Å². The Bertz CT molecular complexity index is 481. The van der Waals surface area contributed by atoms with Crippen molar-refractivity contribution < 1.29 is 4.74 Å². The molecule has 64 valence electrons. The number of benzene rings is 1. The van der Waals surface area contributed by atoms with Crippen LogP contribution in [0.5, 0.6) is 5.75 Å². The summed E-state index contributed by atoms with van der Waals surface area (Å²) in [7, 11) is 1.57. The Hall–Kier alpha value is -2.02. The second kappa shape index (κ2) is 2.79. The van der Waals surface area contributed by atoms with Gasteiger partial charge in [0.15, 0.2) is 5.69 Å². The second-order valence-electron chi connectivity index (χ2n) is 2.57. The first-order valence-electron chi connectivity index (χ1n) is 3.78. The molecule has 0 radical (unpaired) electrons. The summed E-state index contributed by atoms with van der Waals surface area (Å²) in [6, 6.07) is 7.51. The lowest BCUT2D eigenvalue weighted by atomic mass is 10.2. The summed E-state index contributed by atoms with van der Waals surface area (Å²) < 4.78 is 5.12. The van der Waals surface area contributed by atoms with Gasteiger partial charge in [0, 0.05) is 0 Å². The predicted molar refractivity (Wildman–Crippen MR) is 47.4 cm³/mol. The van der Waals surface area contributed by atoms with E-state index in [2.05, 4.69) is 10.2 Å². The number of hydrogen-bond acceptors (Lipinski definition) is 3. The summed E-state index contributed by atoms with van der Waals surface area (Å²) in [6.07, 6.45) is 0. The first-order chi connectivity index (χ1) is 6.36. The van der Waals surface area contributed by atoms with E-state index in [4.69, 9.17) is 10.00 Å². The molecule has 0 bridgehead atoms. The monoisotopic (exact) mass is 173 g/mol. The molecule has 0 aliphatic heterocycles. The SMILES string of the molecule is COc1cccc2[nH]nc(C#N)c12. The highest BCUT2D eigenvalue weighted by atomic mass is 16.5. The van der Waals surface area contributed by atoms with Crippen molar-refractivity contribution in [2.45, 2.75) is 0 Å². The van der Waals surface area contributed by atoms with Gasteiger partial charge in [0.05, 0.1) is 18.0 Å². The molecule has 0 fully saturated rings. The number of methoxy groups -OCH3 is 1. The van der Waals surface area contributed by atoms with Gasteiger partial charge in [-0.15, -0.1) is 0 Å². The van der Waals surface area contributed by atoms with Crippen molar-refractivity contribution in [3.8, 4) is 11.8 Å². The van der Waals surface area contributed by atoms with E-state index >= 15 is 0 Å². The van der Waals surface area contributed by atoms with Crippen LogP contribution in [0.25, 0.3) is 10.9 Å². The van der Waals surface area contributed by atoms with Crippen LogP contribution in [-0.2, 0) is 0 Å². The predicted octanol–water partition coefficient (Wildman–Crippen LogP) is 1.44. The van der Waals surface area contributed by atoms with E-state index < -0.39 is 0 Å². The molecule has 13 heavy (non-hydrogen) atoms. The number of aromatic nitrogens is 2. The smallest absolute Gasteiger partial charge is 0.173 e. The molecule has 0 saturated heterocycles. The second-order valence-corrected chi connectivity index (χ2v) is 2.57. The zero-order chi connectivity index (χ0) is 9.26. The van der Waals surface area contributed by atoms with Crippen molar-refractivity contribution in [1.29, 1.82) is 5.26 Å². The molecular formula is C9H7N3O. The summed E-state index contributed by atoms with van der Waals surface area (Å²) in [5.74, 6) is 0.669. The van der Waals surface area contributed by atoms with E-state index in [1.54, 1.807) is 13.2 Å². The zero-order valence-electron chi connectivity index (χ0n) is 7.03. The Morgan fingerprint density at radius 3 is 3.08 bits per heavy atom. The summed E-state index contributed by atoms with van der Waals surface area (Å²) in [4.78, 5) is 0. The fraction of sp³-hybridized carbons (Fsp3) is 0.111. The van der Waals surface area contributed by atoms with Crippen LogP contribution in [0.3, 0.4) is 0 Å². The van der Waals surface area contributed by atoms with Crippen molar-refractivity contribution >= 4 is 10.9 Å². The van der Waals surface area contributed by atoms with E-state index in [9.17, 15) is 0 Å². The summed E-state index contributed by atoms with van der Waals surface area (Å²) >= 11 is 0. The van der Waals surface area contributed by atoms with Gasteiger partial charge in [-0.05, 0) is 12.1 Å². The van der Waals surface area contributed by atoms with E-state index in [0.29, 0.717) is 11.4 Å². The Balaban J connectivity index is 2.85. The van der Waals surface area contributed by atoms with Crippen LogP contribution in [0.4, 0.5) is 0 Å². The normalized spacial score (nSPS) is 9.85. The molecule has 0 amide bonds. The first kappa shape index (κ1) is 7.62. The molecule has 1 N–H and O–H groups in total. The van der Waals surface area contributed by atoms with Crippen molar-refractivity contribution in [3.05, 3.63) is 23.9 Å². The summed E-state index contributed by atoms with van der Waals surface area (Å²) in [5, 5.41) is 16.1. The van der Waals surface area contributed by atoms with Crippen LogP contribution in [0.15, 0.2) is 18.2 Å². The zero-order valence-corrected chi connectivity index (χ0v) is 7.03. The quantitative estimate of drug-likeness (QED) is 0.709. The lowest BCUT2D eigenvalue weighted by Gasteiger charge is -1.99. The Morgan fingerprint density at radius 2 is 2.38 bits per heavy atom. The average Bonchev–Trinajstić information content (AvgIpc) is 2.60. The van der Waals surface area contributed by atoms with E-state index in [1.165, 1.54) is 0 Å². The molecule has 1 heterocycles. The minimum Gasteiger partial charge on any atom is -0.496 e. The Labute approximate surface area is 74.7 Å². The lowest BCUT2D eigenvalue weighted by molar-refractivity contribution is 0.420. The molecule has 4 nitrogen and oxygen atoms in total. The third-order valence-corrected chi connectivity index (χ3v) is 1.88. The topological polar surface area (TPSA) is 61.7 Å². The molecule has 0 spiro atoms. The average molecular weight is 173 g/mol. The minimum atomic E-state index is 0.368. The van der Waals surface area contributed by atoms with Gasteiger partial charge >= 0.3 is 0 Å². The van der Waals surface area contributed by atoms with Crippen LogP contribution >= 0.6 is 0 Å². The minimum absolute atomic E-state index is 0.368. The molecule has 0 aliphatic carbocycles. The Morgan fingerprint density at radius 1 is 1.54 bits per heavy atom. The van der Waals surface area contributed by atoms with Crippen molar-refractivity contribution in [3.63, 3.8) is 0 Å². The highest BCUT2D eigenvalue weighted by molar-refractivity contribution is 5.89. The Kier molecular flexibility index (Phi) is 1.64. The lowest BCUT2D eigenvalue weighted by Crippen LogP contribution is -1.84. The fourth-order valence-corrected chi connectivity index (χ4v) is 1.29. The molecule has 0 atom stereocenters. The van der Waals surface area contributed by atoms with Crippen molar-refractivity contribution in [1.82, 2.24) is 10.2 Å². The molecule has 0 aliphatic rings. The molecule has 2 aromatic rings. The van der Waals surface area contributed by atoms with Gasteiger partial charge in [-0.1, -0.05) is 6.07 Å².